The van der Waals surface area contributed by atoms with Gasteiger partial charge in [0.25, 0.3) is 5.69 Å². The molecular weight excluding hydrogens is 236 g/mol. The minimum Gasteiger partial charge on any atom is -0.361 e. The van der Waals surface area contributed by atoms with E-state index in [-0.39, 0.29) is 24.2 Å². The fourth-order valence-electron chi connectivity index (χ4n) is 1.49. The number of hydrogen-bond acceptors (Lipinski definition) is 5. The monoisotopic (exact) mass is 248 g/mol. The first-order chi connectivity index (χ1) is 8.11. The Bertz CT molecular complexity index is 589. The van der Waals surface area contributed by atoms with E-state index in [0.29, 0.717) is 5.76 Å². The van der Waals surface area contributed by atoms with E-state index in [0.717, 1.165) is 0 Å². The number of benzene rings is 1. The highest BCUT2D eigenvalue weighted by atomic mass is 16.6. The van der Waals surface area contributed by atoms with E-state index >= 15 is 0 Å². The highest BCUT2D eigenvalue weighted by Gasteiger charge is 2.23. The Labute approximate surface area is 103 Å². The maximum Gasteiger partial charge on any atom is 0.280 e. The molecule has 1 heterocycles. The number of hydrogen-bond donors (Lipinski definition) is 0. The molecule has 6 nitrogen and oxygen atoms in total. The van der Waals surface area contributed by atoms with Crippen LogP contribution in [0.2, 0.25) is 0 Å². The SMILES string of the molecule is C.Cc1oncc1C(=O)c1ccccc1[N+](=O)[O-]. The van der Waals surface area contributed by atoms with Crippen LogP contribution in [0.4, 0.5) is 5.69 Å². The number of nitro benzene ring substituents is 1. The predicted octanol–water partition coefficient (Wildman–Crippen LogP) is 2.76. The molecule has 0 atom stereocenters. The van der Waals surface area contributed by atoms with Crippen molar-refractivity contribution in [3.05, 3.63) is 57.5 Å². The van der Waals surface area contributed by atoms with Gasteiger partial charge in [-0.15, -0.1) is 0 Å². The first-order valence-electron chi connectivity index (χ1n) is 4.80. The fourth-order valence-corrected chi connectivity index (χ4v) is 1.49. The van der Waals surface area contributed by atoms with Crippen LogP contribution in [0.1, 0.15) is 29.1 Å². The van der Waals surface area contributed by atoms with Gasteiger partial charge in [0.2, 0.25) is 5.78 Å². The smallest absolute Gasteiger partial charge is 0.280 e. The summed E-state index contributed by atoms with van der Waals surface area (Å²) in [7, 11) is 0. The van der Waals surface area contributed by atoms with Crippen LogP contribution in [0.3, 0.4) is 0 Å². The summed E-state index contributed by atoms with van der Waals surface area (Å²) in [4.78, 5) is 22.3. The van der Waals surface area contributed by atoms with Crippen molar-refractivity contribution < 1.29 is 14.2 Å². The average Bonchev–Trinajstić information content (AvgIpc) is 2.74. The molecule has 2 aromatic rings. The molecule has 0 bridgehead atoms. The van der Waals surface area contributed by atoms with Crippen molar-refractivity contribution in [2.24, 2.45) is 0 Å². The Morgan fingerprint density at radius 1 is 1.33 bits per heavy atom. The Hall–Kier alpha value is -2.50. The highest BCUT2D eigenvalue weighted by Crippen LogP contribution is 2.22. The van der Waals surface area contributed by atoms with Crippen molar-refractivity contribution in [1.29, 1.82) is 0 Å². The molecule has 2 rings (SSSR count). The average molecular weight is 248 g/mol. The lowest BCUT2D eigenvalue weighted by atomic mass is 10.0. The fraction of sp³-hybridized carbons (Fsp3) is 0.167. The molecule has 0 amide bonds. The van der Waals surface area contributed by atoms with Gasteiger partial charge in [0.1, 0.15) is 11.3 Å². The third-order valence-electron chi connectivity index (χ3n) is 2.34. The minimum absolute atomic E-state index is 0. The summed E-state index contributed by atoms with van der Waals surface area (Å²) in [5.41, 5.74) is 0.0428. The van der Waals surface area contributed by atoms with E-state index < -0.39 is 10.7 Å². The molecule has 0 unspecified atom stereocenters. The van der Waals surface area contributed by atoms with Crippen molar-refractivity contribution in [3.8, 4) is 0 Å². The molecular formula is C12H12N2O4. The van der Waals surface area contributed by atoms with Crippen LogP contribution >= 0.6 is 0 Å². The standard InChI is InChI=1S/C11H8N2O4.CH4/c1-7-9(6-12-17-7)11(14)8-4-2-3-5-10(8)13(15)16;/h2-6H,1H3;1H4. The first kappa shape index (κ1) is 13.6. The molecule has 0 saturated carbocycles. The third-order valence-corrected chi connectivity index (χ3v) is 2.34. The molecule has 1 aromatic heterocycles. The number of nitrogens with zero attached hydrogens (tertiary/aromatic N) is 2. The van der Waals surface area contributed by atoms with E-state index in [2.05, 4.69) is 5.16 Å². The zero-order valence-corrected chi connectivity index (χ0v) is 8.91. The molecule has 0 saturated heterocycles. The van der Waals surface area contributed by atoms with Crippen molar-refractivity contribution in [3.63, 3.8) is 0 Å². The van der Waals surface area contributed by atoms with E-state index in [9.17, 15) is 14.9 Å². The molecule has 0 aliphatic carbocycles. The summed E-state index contributed by atoms with van der Waals surface area (Å²) in [6, 6.07) is 5.78. The Morgan fingerprint density at radius 3 is 2.56 bits per heavy atom. The van der Waals surface area contributed by atoms with Gasteiger partial charge in [0, 0.05) is 6.07 Å². The maximum atomic E-state index is 12.0. The molecule has 0 fully saturated rings. The largest absolute Gasteiger partial charge is 0.361 e. The number of rotatable bonds is 3. The molecule has 0 N–H and O–H groups in total. The predicted molar refractivity (Wildman–Crippen MR) is 64.5 cm³/mol. The molecule has 6 heteroatoms. The van der Waals surface area contributed by atoms with Crippen LogP contribution in [0.15, 0.2) is 35.0 Å². The Morgan fingerprint density at radius 2 is 2.00 bits per heavy atom. The van der Waals surface area contributed by atoms with Gasteiger partial charge in [0.15, 0.2) is 0 Å². The minimum atomic E-state index is -0.587. The van der Waals surface area contributed by atoms with Crippen LogP contribution in [0.25, 0.3) is 0 Å². The number of ketones is 1. The van der Waals surface area contributed by atoms with Gasteiger partial charge in [-0.25, -0.2) is 0 Å². The number of nitro groups is 1. The zero-order valence-electron chi connectivity index (χ0n) is 8.91. The van der Waals surface area contributed by atoms with Gasteiger partial charge in [-0.1, -0.05) is 24.7 Å². The van der Waals surface area contributed by atoms with Crippen LogP contribution in [-0.4, -0.2) is 15.9 Å². The molecule has 0 spiro atoms. The van der Waals surface area contributed by atoms with Crippen LogP contribution in [-0.2, 0) is 0 Å². The molecule has 94 valence electrons. The van der Waals surface area contributed by atoms with Gasteiger partial charge < -0.3 is 4.52 Å². The summed E-state index contributed by atoms with van der Waals surface area (Å²) in [6.07, 6.45) is 1.26. The Balaban J connectivity index is 0.00000162. The van der Waals surface area contributed by atoms with E-state index in [1.165, 1.54) is 24.4 Å². The summed E-state index contributed by atoms with van der Waals surface area (Å²) in [5, 5.41) is 14.3. The van der Waals surface area contributed by atoms with Gasteiger partial charge in [0.05, 0.1) is 16.7 Å². The number of para-hydroxylation sites is 1. The van der Waals surface area contributed by atoms with Crippen LogP contribution in [0, 0.1) is 17.0 Å². The zero-order chi connectivity index (χ0) is 12.4. The van der Waals surface area contributed by atoms with Crippen molar-refractivity contribution in [2.75, 3.05) is 0 Å². The second-order valence-electron chi connectivity index (χ2n) is 3.40. The Kier molecular flexibility index (Phi) is 3.93. The van der Waals surface area contributed by atoms with Crippen molar-refractivity contribution in [2.45, 2.75) is 14.4 Å². The lowest BCUT2D eigenvalue weighted by molar-refractivity contribution is -0.385. The molecule has 18 heavy (non-hydrogen) atoms. The normalized spacial score (nSPS) is 9.61. The number of carbonyl (C=O) groups excluding carboxylic acids is 1. The lowest BCUT2D eigenvalue weighted by Crippen LogP contribution is -2.05. The molecule has 0 aliphatic heterocycles. The number of carbonyl (C=O) groups is 1. The second-order valence-corrected chi connectivity index (χ2v) is 3.40. The maximum absolute atomic E-state index is 12.0. The van der Waals surface area contributed by atoms with Gasteiger partial charge >= 0.3 is 0 Å². The molecule has 1 aromatic carbocycles. The van der Waals surface area contributed by atoms with Crippen LogP contribution < -0.4 is 0 Å². The van der Waals surface area contributed by atoms with E-state index in [1.54, 1.807) is 13.0 Å². The number of aryl methyl sites for hydroxylation is 1. The summed E-state index contributed by atoms with van der Waals surface area (Å²) in [5.74, 6) is -0.121. The highest BCUT2D eigenvalue weighted by molar-refractivity contribution is 6.11. The molecule has 0 aliphatic rings. The summed E-state index contributed by atoms with van der Waals surface area (Å²) in [6.45, 7) is 1.58. The summed E-state index contributed by atoms with van der Waals surface area (Å²) >= 11 is 0. The van der Waals surface area contributed by atoms with Gasteiger partial charge in [-0.2, -0.15) is 0 Å². The van der Waals surface area contributed by atoms with E-state index in [1.807, 2.05) is 0 Å². The lowest BCUT2D eigenvalue weighted by Gasteiger charge is -1.99. The molecule has 0 radical (unpaired) electrons. The van der Waals surface area contributed by atoms with Gasteiger partial charge in [-0.3, -0.25) is 14.9 Å². The van der Waals surface area contributed by atoms with Crippen molar-refractivity contribution in [1.82, 2.24) is 5.16 Å². The topological polar surface area (TPSA) is 86.2 Å². The first-order valence-corrected chi connectivity index (χ1v) is 4.80. The summed E-state index contributed by atoms with van der Waals surface area (Å²) < 4.78 is 4.77. The van der Waals surface area contributed by atoms with E-state index in [4.69, 9.17) is 4.52 Å². The second kappa shape index (κ2) is 5.22. The van der Waals surface area contributed by atoms with Gasteiger partial charge in [-0.05, 0) is 13.0 Å². The quantitative estimate of drug-likeness (QED) is 0.473. The number of aromatic nitrogens is 1. The van der Waals surface area contributed by atoms with Crippen molar-refractivity contribution >= 4 is 11.5 Å². The third kappa shape index (κ3) is 2.27. The van der Waals surface area contributed by atoms with Crippen LogP contribution in [0.5, 0.6) is 0 Å².